The van der Waals surface area contributed by atoms with E-state index in [-0.39, 0.29) is 24.1 Å². The Morgan fingerprint density at radius 3 is 2.68 bits per heavy atom. The monoisotopic (exact) mass is 260 g/mol. The van der Waals surface area contributed by atoms with E-state index in [0.29, 0.717) is 5.92 Å². The van der Waals surface area contributed by atoms with Gasteiger partial charge in [-0.25, -0.2) is 0 Å². The van der Waals surface area contributed by atoms with Crippen molar-refractivity contribution in [3.8, 4) is 0 Å². The number of benzene rings is 1. The van der Waals surface area contributed by atoms with Crippen LogP contribution >= 0.6 is 0 Å². The minimum Gasteiger partial charge on any atom is -0.457 e. The van der Waals surface area contributed by atoms with Gasteiger partial charge in [-0.15, -0.1) is 0 Å². The number of fused-ring (bicyclic) bond motifs is 3. The van der Waals surface area contributed by atoms with E-state index in [1.54, 1.807) is 0 Å². The van der Waals surface area contributed by atoms with Gasteiger partial charge in [0, 0.05) is 6.61 Å². The molecule has 0 amide bonds. The number of rotatable bonds is 3. The summed E-state index contributed by atoms with van der Waals surface area (Å²) in [6, 6.07) is 9.87. The molecule has 102 valence electrons. The maximum atomic E-state index is 12.3. The smallest absolute Gasteiger partial charge is 0.312 e. The molecular weight excluding hydrogens is 240 g/mol. The summed E-state index contributed by atoms with van der Waals surface area (Å²) < 4.78 is 11.3. The van der Waals surface area contributed by atoms with Crippen molar-refractivity contribution in [3.63, 3.8) is 0 Å². The number of hydrogen-bond acceptors (Lipinski definition) is 3. The van der Waals surface area contributed by atoms with Gasteiger partial charge in [-0.1, -0.05) is 30.3 Å². The van der Waals surface area contributed by atoms with Gasteiger partial charge in [-0.05, 0) is 37.7 Å². The van der Waals surface area contributed by atoms with Crippen molar-refractivity contribution in [1.29, 1.82) is 0 Å². The van der Waals surface area contributed by atoms with Gasteiger partial charge < -0.3 is 9.47 Å². The fraction of sp³-hybridized carbons (Fsp3) is 0.562. The molecule has 1 aromatic carbocycles. The summed E-state index contributed by atoms with van der Waals surface area (Å²) in [4.78, 5) is 12.3. The highest BCUT2D eigenvalue weighted by Gasteiger charge is 2.41. The van der Waals surface area contributed by atoms with Crippen LogP contribution in [0.3, 0.4) is 0 Å². The van der Waals surface area contributed by atoms with Crippen LogP contribution in [-0.4, -0.2) is 18.7 Å². The van der Waals surface area contributed by atoms with Crippen molar-refractivity contribution < 1.29 is 14.3 Å². The molecule has 1 saturated carbocycles. The normalized spacial score (nSPS) is 30.9. The third kappa shape index (κ3) is 2.66. The Bertz CT molecular complexity index is 435. The molecule has 3 fully saturated rings. The van der Waals surface area contributed by atoms with Crippen LogP contribution in [0, 0.1) is 11.8 Å². The van der Waals surface area contributed by atoms with Gasteiger partial charge in [0.15, 0.2) is 0 Å². The average molecular weight is 260 g/mol. The molecule has 2 bridgehead atoms. The molecule has 3 unspecified atom stereocenters. The molecule has 2 saturated heterocycles. The largest absolute Gasteiger partial charge is 0.457 e. The van der Waals surface area contributed by atoms with Crippen LogP contribution < -0.4 is 0 Å². The Morgan fingerprint density at radius 2 is 2.11 bits per heavy atom. The van der Waals surface area contributed by atoms with Crippen molar-refractivity contribution in [2.24, 2.45) is 11.8 Å². The lowest BCUT2D eigenvalue weighted by atomic mass is 9.77. The lowest BCUT2D eigenvalue weighted by Gasteiger charge is -2.41. The predicted octanol–water partition coefficient (Wildman–Crippen LogP) is 3.11. The van der Waals surface area contributed by atoms with E-state index >= 15 is 0 Å². The van der Waals surface area contributed by atoms with Gasteiger partial charge in [-0.2, -0.15) is 0 Å². The van der Waals surface area contributed by atoms with Crippen LogP contribution in [0.15, 0.2) is 30.3 Å². The first-order chi connectivity index (χ1) is 9.24. The van der Waals surface area contributed by atoms with Crippen molar-refractivity contribution >= 4 is 5.97 Å². The van der Waals surface area contributed by atoms with Gasteiger partial charge in [0.2, 0.25) is 0 Å². The van der Waals surface area contributed by atoms with Crippen LogP contribution in [0.1, 0.15) is 37.9 Å². The van der Waals surface area contributed by atoms with E-state index in [0.717, 1.165) is 25.0 Å². The number of ether oxygens (including phenoxy) is 2. The summed E-state index contributed by atoms with van der Waals surface area (Å²) >= 11 is 0. The highest BCUT2D eigenvalue weighted by atomic mass is 16.5. The third-order valence-electron chi connectivity index (χ3n) is 4.31. The SMILES string of the molecule is CC(OC(=O)[C@@H]1CC2CCC1OC2)c1ccccc1. The molecule has 0 N–H and O–H groups in total. The molecule has 3 nitrogen and oxygen atoms in total. The molecule has 0 spiro atoms. The number of carbonyl (C=O) groups excluding carboxylic acids is 1. The van der Waals surface area contributed by atoms with Crippen molar-refractivity contribution in [2.75, 3.05) is 6.61 Å². The van der Waals surface area contributed by atoms with E-state index in [9.17, 15) is 4.79 Å². The molecule has 3 aliphatic rings. The molecule has 0 radical (unpaired) electrons. The van der Waals surface area contributed by atoms with Gasteiger partial charge in [0.25, 0.3) is 0 Å². The lowest BCUT2D eigenvalue weighted by Crippen LogP contribution is -2.44. The van der Waals surface area contributed by atoms with Crippen LogP contribution in [0.2, 0.25) is 0 Å². The lowest BCUT2D eigenvalue weighted by molar-refractivity contribution is -0.172. The first-order valence-electron chi connectivity index (χ1n) is 7.11. The Balaban J connectivity index is 1.62. The summed E-state index contributed by atoms with van der Waals surface area (Å²) in [5, 5.41) is 0. The summed E-state index contributed by atoms with van der Waals surface area (Å²) in [5.74, 6) is 0.402. The average Bonchev–Trinajstić information content (AvgIpc) is 2.49. The summed E-state index contributed by atoms with van der Waals surface area (Å²) in [6.07, 6.45) is 3.03. The van der Waals surface area contributed by atoms with Crippen LogP contribution in [0.5, 0.6) is 0 Å². The van der Waals surface area contributed by atoms with Gasteiger partial charge in [0.05, 0.1) is 12.0 Å². The molecule has 19 heavy (non-hydrogen) atoms. The third-order valence-corrected chi connectivity index (χ3v) is 4.31. The van der Waals surface area contributed by atoms with E-state index in [4.69, 9.17) is 9.47 Å². The van der Waals surface area contributed by atoms with E-state index in [1.807, 2.05) is 37.3 Å². The van der Waals surface area contributed by atoms with Crippen LogP contribution in [0.4, 0.5) is 0 Å². The fourth-order valence-electron chi connectivity index (χ4n) is 3.14. The zero-order valence-electron chi connectivity index (χ0n) is 11.2. The molecule has 4 atom stereocenters. The Morgan fingerprint density at radius 1 is 1.32 bits per heavy atom. The molecule has 0 aromatic heterocycles. The first kappa shape index (κ1) is 12.7. The summed E-state index contributed by atoms with van der Waals surface area (Å²) in [7, 11) is 0. The minimum atomic E-state index is -0.186. The topological polar surface area (TPSA) is 35.5 Å². The highest BCUT2D eigenvalue weighted by molar-refractivity contribution is 5.73. The molecule has 1 aromatic rings. The number of hydrogen-bond donors (Lipinski definition) is 0. The molecule has 2 heterocycles. The van der Waals surface area contributed by atoms with Gasteiger partial charge in [0.1, 0.15) is 6.10 Å². The van der Waals surface area contributed by atoms with Crippen molar-refractivity contribution in [1.82, 2.24) is 0 Å². The Kier molecular flexibility index (Phi) is 3.56. The maximum absolute atomic E-state index is 12.3. The van der Waals surface area contributed by atoms with Crippen LogP contribution in [0.25, 0.3) is 0 Å². The first-order valence-corrected chi connectivity index (χ1v) is 7.11. The van der Waals surface area contributed by atoms with E-state index < -0.39 is 0 Å². The van der Waals surface area contributed by atoms with Crippen molar-refractivity contribution in [3.05, 3.63) is 35.9 Å². The summed E-state index contributed by atoms with van der Waals surface area (Å²) in [5.41, 5.74) is 1.04. The predicted molar refractivity (Wildman–Crippen MR) is 71.5 cm³/mol. The second kappa shape index (κ2) is 5.33. The highest BCUT2D eigenvalue weighted by Crippen LogP contribution is 2.38. The minimum absolute atomic E-state index is 0.0568. The van der Waals surface area contributed by atoms with Gasteiger partial charge in [-0.3, -0.25) is 4.79 Å². The molecule has 2 aliphatic heterocycles. The molecule has 3 heteroatoms. The Labute approximate surface area is 113 Å². The zero-order valence-corrected chi connectivity index (χ0v) is 11.2. The second-order valence-electron chi connectivity index (χ2n) is 5.65. The molecular formula is C16H20O3. The number of carbonyl (C=O) groups is 1. The van der Waals surface area contributed by atoms with Gasteiger partial charge >= 0.3 is 5.97 Å². The van der Waals surface area contributed by atoms with E-state index in [1.165, 1.54) is 6.42 Å². The zero-order chi connectivity index (χ0) is 13.2. The Hall–Kier alpha value is -1.35. The molecule has 4 rings (SSSR count). The van der Waals surface area contributed by atoms with Crippen LogP contribution in [-0.2, 0) is 14.3 Å². The van der Waals surface area contributed by atoms with Crippen molar-refractivity contribution in [2.45, 2.75) is 38.4 Å². The second-order valence-corrected chi connectivity index (χ2v) is 5.65. The standard InChI is InChI=1S/C16H20O3/c1-11(13-5-3-2-4-6-13)19-16(17)14-9-12-7-8-15(14)18-10-12/h2-6,11-12,14-15H,7-10H2,1H3/t11?,12?,14-,15?/m1/s1. The summed E-state index contributed by atoms with van der Waals surface area (Å²) in [6.45, 7) is 2.75. The molecule has 1 aliphatic carbocycles. The van der Waals surface area contributed by atoms with E-state index in [2.05, 4.69) is 0 Å². The number of esters is 1. The maximum Gasteiger partial charge on any atom is 0.312 e. The quantitative estimate of drug-likeness (QED) is 0.783. The fourth-order valence-corrected chi connectivity index (χ4v) is 3.14.